The third-order valence-electron chi connectivity index (χ3n) is 5.14. The van der Waals surface area contributed by atoms with Crippen molar-refractivity contribution in [2.24, 2.45) is 4.99 Å². The molecule has 0 unspecified atom stereocenters. The monoisotopic (exact) mass is 500 g/mol. The van der Waals surface area contributed by atoms with E-state index in [1.54, 1.807) is 56.5 Å². The van der Waals surface area contributed by atoms with Gasteiger partial charge < -0.3 is 5.32 Å². The van der Waals surface area contributed by atoms with E-state index in [2.05, 4.69) is 54.0 Å². The fourth-order valence-electron chi connectivity index (χ4n) is 3.63. The maximum atomic E-state index is 12.6. The second kappa shape index (κ2) is 7.80. The fraction of sp³-hybridized carbons (Fsp3) is 0.182. The lowest BCUT2D eigenvalue weighted by atomic mass is 9.89. The van der Waals surface area contributed by atoms with E-state index >= 15 is 0 Å². The van der Waals surface area contributed by atoms with Crippen molar-refractivity contribution in [3.05, 3.63) is 69.2 Å². The number of nitrogens with zero attached hydrogens (tertiary/aromatic N) is 2. The van der Waals surface area contributed by atoms with Crippen LogP contribution in [-0.2, 0) is 15.6 Å². The molecule has 2 aromatic heterocycles. The number of nitrogens with one attached hydrogen (secondary N) is 2. The molecule has 1 aliphatic heterocycles. The summed E-state index contributed by atoms with van der Waals surface area (Å²) in [6.07, 6.45) is 1.56. The first kappa shape index (κ1) is 21.3. The Morgan fingerprint density at radius 1 is 1.09 bits per heavy atom. The van der Waals surface area contributed by atoms with Gasteiger partial charge in [0, 0.05) is 28.4 Å². The van der Waals surface area contributed by atoms with Crippen LogP contribution in [0.25, 0.3) is 11.1 Å². The van der Waals surface area contributed by atoms with E-state index in [-0.39, 0.29) is 10.4 Å². The minimum Gasteiger partial charge on any atom is -0.375 e. The molecule has 0 radical (unpaired) electrons. The molecular weight excluding hydrogens is 481 g/mol. The molecule has 0 saturated carbocycles. The summed E-state index contributed by atoms with van der Waals surface area (Å²) in [5.41, 5.74) is 5.13. The summed E-state index contributed by atoms with van der Waals surface area (Å²) in [6.45, 7) is 6.45. The Balaban J connectivity index is 1.54. The molecule has 0 aliphatic carbocycles. The lowest BCUT2D eigenvalue weighted by Crippen LogP contribution is -2.31. The van der Waals surface area contributed by atoms with Gasteiger partial charge in [-0.05, 0) is 56.7 Å². The van der Waals surface area contributed by atoms with E-state index in [4.69, 9.17) is 4.99 Å². The summed E-state index contributed by atoms with van der Waals surface area (Å²) in [7, 11) is -0.314. The molecule has 164 valence electrons. The molecule has 2 N–H and O–H groups in total. The lowest BCUT2D eigenvalue weighted by Gasteiger charge is -2.33. The summed E-state index contributed by atoms with van der Waals surface area (Å²) in [5.74, 6) is 0. The van der Waals surface area contributed by atoms with E-state index in [0.29, 0.717) is 10.8 Å². The first-order chi connectivity index (χ1) is 15.2. The Bertz CT molecular complexity index is 1470. The number of fused-ring (bicyclic) bond motifs is 3. The third kappa shape index (κ3) is 3.88. The number of anilines is 2. The Morgan fingerprint density at radius 3 is 2.59 bits per heavy atom. The summed E-state index contributed by atoms with van der Waals surface area (Å²) < 4.78 is 28.6. The second-order valence-corrected chi connectivity index (χ2v) is 12.7. The molecule has 0 saturated heterocycles. The molecule has 0 amide bonds. The molecular formula is C22H20N4O2S4. The predicted molar refractivity (Wildman–Crippen MR) is 134 cm³/mol. The van der Waals surface area contributed by atoms with Gasteiger partial charge >= 0.3 is 0 Å². The van der Waals surface area contributed by atoms with Crippen molar-refractivity contribution in [1.82, 2.24) is 4.98 Å². The van der Waals surface area contributed by atoms with Gasteiger partial charge in [0.25, 0.3) is 10.0 Å². The van der Waals surface area contributed by atoms with Crippen LogP contribution in [-0.4, -0.2) is 13.4 Å². The quantitative estimate of drug-likeness (QED) is 0.340. The van der Waals surface area contributed by atoms with Crippen molar-refractivity contribution < 1.29 is 8.42 Å². The highest BCUT2D eigenvalue weighted by Crippen LogP contribution is 2.45. The zero-order valence-electron chi connectivity index (χ0n) is 17.5. The molecule has 1 aliphatic rings. The van der Waals surface area contributed by atoms with Crippen LogP contribution in [0.2, 0.25) is 0 Å². The van der Waals surface area contributed by atoms with E-state index < -0.39 is 10.0 Å². The number of rotatable bonds is 4. The van der Waals surface area contributed by atoms with Gasteiger partial charge in [-0.15, -0.1) is 11.3 Å². The normalized spacial score (nSPS) is 15.0. The Labute approximate surface area is 197 Å². The van der Waals surface area contributed by atoms with Gasteiger partial charge in [0.15, 0.2) is 5.13 Å². The van der Waals surface area contributed by atoms with E-state index in [1.165, 1.54) is 21.8 Å². The fourth-order valence-corrected chi connectivity index (χ4v) is 8.35. The van der Waals surface area contributed by atoms with E-state index in [0.717, 1.165) is 21.5 Å². The van der Waals surface area contributed by atoms with Gasteiger partial charge in [-0.1, -0.05) is 32.8 Å². The SMILES string of the molecule is Cc1ccc2c(c1)NC(C)(C)c1ssc(=Nc3ccc(S(=O)(=O)Nc4nccs4)cc3)c1-2. The van der Waals surface area contributed by atoms with Gasteiger partial charge in [-0.25, -0.2) is 18.4 Å². The van der Waals surface area contributed by atoms with Crippen molar-refractivity contribution in [2.75, 3.05) is 10.0 Å². The van der Waals surface area contributed by atoms with Gasteiger partial charge in [0.1, 0.15) is 4.67 Å². The summed E-state index contributed by atoms with van der Waals surface area (Å²) in [5, 5.41) is 5.71. The van der Waals surface area contributed by atoms with Crippen molar-refractivity contribution in [1.29, 1.82) is 0 Å². The zero-order chi connectivity index (χ0) is 22.5. The van der Waals surface area contributed by atoms with Crippen molar-refractivity contribution in [3.8, 4) is 11.1 Å². The first-order valence-corrected chi connectivity index (χ1v) is 14.3. The van der Waals surface area contributed by atoms with Crippen LogP contribution in [0.5, 0.6) is 0 Å². The highest BCUT2D eigenvalue weighted by atomic mass is 32.9. The topological polar surface area (TPSA) is 83.5 Å². The maximum Gasteiger partial charge on any atom is 0.263 e. The van der Waals surface area contributed by atoms with Crippen LogP contribution >= 0.6 is 32.0 Å². The Morgan fingerprint density at radius 2 is 1.88 bits per heavy atom. The van der Waals surface area contributed by atoms with Gasteiger partial charge in [-0.2, -0.15) is 0 Å². The van der Waals surface area contributed by atoms with Crippen LogP contribution in [0.4, 0.5) is 16.5 Å². The largest absolute Gasteiger partial charge is 0.375 e. The molecule has 0 atom stereocenters. The van der Waals surface area contributed by atoms with Crippen LogP contribution < -0.4 is 14.7 Å². The first-order valence-electron chi connectivity index (χ1n) is 9.83. The maximum absolute atomic E-state index is 12.6. The minimum atomic E-state index is -3.68. The van der Waals surface area contributed by atoms with Crippen molar-refractivity contribution in [2.45, 2.75) is 31.2 Å². The summed E-state index contributed by atoms with van der Waals surface area (Å²) in [4.78, 5) is 10.3. The number of hydrogen-bond donors (Lipinski definition) is 2. The molecule has 32 heavy (non-hydrogen) atoms. The Hall–Kier alpha value is -2.53. The number of hydrogen-bond acceptors (Lipinski definition) is 8. The van der Waals surface area contributed by atoms with Gasteiger partial charge in [0.2, 0.25) is 0 Å². The van der Waals surface area contributed by atoms with Crippen LogP contribution in [0, 0.1) is 6.92 Å². The standard InChI is InChI=1S/C22H20N4O2S4/c1-13-4-9-16-17(12-13)25-22(2,3)19-18(16)20(31-30-19)24-14-5-7-15(8-6-14)32(27,28)26-21-23-10-11-29-21/h4-12,25H,1-3H3,(H,23,26). The molecule has 5 rings (SSSR count). The average Bonchev–Trinajstić information content (AvgIpc) is 3.38. The molecule has 0 spiro atoms. The highest BCUT2D eigenvalue weighted by molar-refractivity contribution is 7.93. The predicted octanol–water partition coefficient (Wildman–Crippen LogP) is 5.94. The number of thiazole rings is 1. The van der Waals surface area contributed by atoms with Crippen molar-refractivity contribution >= 4 is 58.5 Å². The molecule has 4 aromatic rings. The molecule has 6 nitrogen and oxygen atoms in total. The molecule has 2 aromatic carbocycles. The highest BCUT2D eigenvalue weighted by Gasteiger charge is 2.33. The third-order valence-corrected chi connectivity index (χ3v) is 9.95. The number of aryl methyl sites for hydroxylation is 1. The van der Waals surface area contributed by atoms with E-state index in [9.17, 15) is 8.42 Å². The molecule has 3 heterocycles. The smallest absolute Gasteiger partial charge is 0.263 e. The van der Waals surface area contributed by atoms with Crippen LogP contribution in [0.3, 0.4) is 0 Å². The summed E-state index contributed by atoms with van der Waals surface area (Å²) in [6, 6.07) is 13.0. The molecule has 10 heteroatoms. The molecule has 0 fully saturated rings. The average molecular weight is 501 g/mol. The minimum absolute atomic E-state index is 0.175. The van der Waals surface area contributed by atoms with E-state index in [1.807, 2.05) is 0 Å². The number of sulfonamides is 1. The molecule has 0 bridgehead atoms. The summed E-state index contributed by atoms with van der Waals surface area (Å²) >= 11 is 1.24. The lowest BCUT2D eigenvalue weighted by molar-refractivity contribution is 0.601. The number of benzene rings is 2. The van der Waals surface area contributed by atoms with Gasteiger partial charge in [0.05, 0.1) is 21.0 Å². The second-order valence-electron chi connectivity index (χ2n) is 8.02. The Kier molecular flexibility index (Phi) is 5.20. The van der Waals surface area contributed by atoms with Crippen LogP contribution in [0.1, 0.15) is 24.3 Å². The zero-order valence-corrected chi connectivity index (χ0v) is 20.8. The number of aromatic nitrogens is 1. The van der Waals surface area contributed by atoms with Gasteiger partial charge in [-0.3, -0.25) is 4.72 Å². The van der Waals surface area contributed by atoms with Crippen molar-refractivity contribution in [3.63, 3.8) is 0 Å². The van der Waals surface area contributed by atoms with Crippen LogP contribution in [0.15, 0.2) is 63.9 Å².